The highest BCUT2D eigenvalue weighted by atomic mass is 32.2. The summed E-state index contributed by atoms with van der Waals surface area (Å²) < 4.78 is 12.5. The number of nitro benzene ring substituents is 1. The van der Waals surface area contributed by atoms with Crippen LogP contribution in [0, 0.1) is 10.1 Å². The molecule has 0 unspecified atom stereocenters. The Hall–Kier alpha value is -4.62. The van der Waals surface area contributed by atoms with Crippen LogP contribution in [0.4, 0.5) is 5.69 Å². The average molecular weight is 590 g/mol. The molecule has 1 atom stereocenters. The maximum Gasteiger partial charge on any atom is 0.338 e. The zero-order valence-electron chi connectivity index (χ0n) is 22.1. The van der Waals surface area contributed by atoms with Crippen molar-refractivity contribution in [3.05, 3.63) is 113 Å². The normalized spacial score (nSPS) is 14.8. The summed E-state index contributed by atoms with van der Waals surface area (Å²) >= 11 is 2.34. The molecule has 1 aliphatic heterocycles. The van der Waals surface area contributed by atoms with Crippen molar-refractivity contribution in [2.75, 3.05) is 13.7 Å². The van der Waals surface area contributed by atoms with Gasteiger partial charge in [-0.25, -0.2) is 19.8 Å². The van der Waals surface area contributed by atoms with E-state index in [0.29, 0.717) is 37.4 Å². The Morgan fingerprint density at radius 2 is 1.98 bits per heavy atom. The Bertz CT molecular complexity index is 1870. The Balaban J connectivity index is 1.71. The van der Waals surface area contributed by atoms with Crippen molar-refractivity contribution in [3.8, 4) is 5.75 Å². The fourth-order valence-corrected chi connectivity index (χ4v) is 6.18. The Kier molecular flexibility index (Phi) is 8.08. The number of hydrogen-bond donors (Lipinski definition) is 0. The minimum Gasteiger partial charge on any atom is -0.497 e. The Morgan fingerprint density at radius 3 is 2.68 bits per heavy atom. The minimum absolute atomic E-state index is 0.128. The molecule has 4 aromatic rings. The van der Waals surface area contributed by atoms with Gasteiger partial charge in [-0.2, -0.15) is 0 Å². The first-order valence-electron chi connectivity index (χ1n) is 12.4. The second-order valence-electron chi connectivity index (χ2n) is 8.69. The monoisotopic (exact) mass is 589 g/mol. The molecule has 0 amide bonds. The third kappa shape index (κ3) is 5.67. The highest BCUT2D eigenvalue weighted by Crippen LogP contribution is 2.33. The molecule has 0 fully saturated rings. The molecular formula is C28H23N5O6S2. The number of carbonyl (C=O) groups is 1. The molecule has 11 nitrogen and oxygen atoms in total. The van der Waals surface area contributed by atoms with Gasteiger partial charge in [0, 0.05) is 29.4 Å². The number of hydrogen-bond acceptors (Lipinski definition) is 11. The van der Waals surface area contributed by atoms with E-state index in [9.17, 15) is 19.7 Å². The van der Waals surface area contributed by atoms with E-state index in [1.807, 2.05) is 0 Å². The van der Waals surface area contributed by atoms with Crippen LogP contribution in [-0.4, -0.2) is 39.1 Å². The number of ether oxygens (including phenoxy) is 2. The molecule has 0 aliphatic carbocycles. The predicted molar refractivity (Wildman–Crippen MR) is 153 cm³/mol. The lowest BCUT2D eigenvalue weighted by atomic mass is 9.95. The molecule has 2 aromatic carbocycles. The van der Waals surface area contributed by atoms with Crippen LogP contribution < -0.4 is 19.6 Å². The molecule has 13 heteroatoms. The van der Waals surface area contributed by atoms with Crippen molar-refractivity contribution in [1.82, 2.24) is 14.5 Å². The third-order valence-electron chi connectivity index (χ3n) is 6.16. The molecule has 0 saturated heterocycles. The lowest BCUT2D eigenvalue weighted by molar-refractivity contribution is -0.384. The van der Waals surface area contributed by atoms with E-state index in [1.165, 1.54) is 35.6 Å². The predicted octanol–water partition coefficient (Wildman–Crippen LogP) is 3.66. The maximum absolute atomic E-state index is 14.0. The summed E-state index contributed by atoms with van der Waals surface area (Å²) in [5.41, 5.74) is 1.22. The van der Waals surface area contributed by atoms with Crippen LogP contribution >= 0.6 is 23.1 Å². The topological polar surface area (TPSA) is 139 Å². The van der Waals surface area contributed by atoms with Gasteiger partial charge in [-0.15, -0.1) is 0 Å². The number of nitrogens with zero attached hydrogens (tertiary/aromatic N) is 5. The molecule has 0 bridgehead atoms. The van der Waals surface area contributed by atoms with E-state index in [1.54, 1.807) is 68.7 Å². The summed E-state index contributed by atoms with van der Waals surface area (Å²) in [6, 6.07) is 12.4. The first kappa shape index (κ1) is 27.9. The van der Waals surface area contributed by atoms with E-state index in [0.717, 1.165) is 11.3 Å². The fourth-order valence-electron chi connectivity index (χ4n) is 4.35. The average Bonchev–Trinajstić information content (AvgIpc) is 3.27. The smallest absolute Gasteiger partial charge is 0.338 e. The molecule has 5 rings (SSSR count). The van der Waals surface area contributed by atoms with Crippen molar-refractivity contribution < 1.29 is 19.2 Å². The highest BCUT2D eigenvalue weighted by Gasteiger charge is 2.33. The van der Waals surface area contributed by atoms with Gasteiger partial charge in [0.05, 0.1) is 40.5 Å². The van der Waals surface area contributed by atoms with Crippen LogP contribution in [0.2, 0.25) is 0 Å². The van der Waals surface area contributed by atoms with Gasteiger partial charge >= 0.3 is 5.97 Å². The van der Waals surface area contributed by atoms with Crippen molar-refractivity contribution in [3.63, 3.8) is 0 Å². The maximum atomic E-state index is 14.0. The Labute approximate surface area is 241 Å². The number of nitro groups is 1. The molecule has 208 valence electrons. The lowest BCUT2D eigenvalue weighted by Crippen LogP contribution is -2.39. The number of allylic oxidation sites excluding steroid dienone is 1. The number of rotatable bonds is 8. The van der Waals surface area contributed by atoms with Crippen LogP contribution in [0.3, 0.4) is 0 Å². The van der Waals surface area contributed by atoms with E-state index >= 15 is 0 Å². The van der Waals surface area contributed by atoms with Gasteiger partial charge < -0.3 is 9.47 Å². The molecule has 41 heavy (non-hydrogen) atoms. The van der Waals surface area contributed by atoms with Gasteiger partial charge in [-0.05, 0) is 67.1 Å². The van der Waals surface area contributed by atoms with Gasteiger partial charge in [-0.3, -0.25) is 19.5 Å². The number of fused-ring (bicyclic) bond motifs is 1. The van der Waals surface area contributed by atoms with E-state index in [4.69, 9.17) is 9.47 Å². The summed E-state index contributed by atoms with van der Waals surface area (Å²) in [5.74, 6) is -0.0139. The molecule has 2 aromatic heterocycles. The van der Waals surface area contributed by atoms with E-state index in [2.05, 4.69) is 15.0 Å². The summed E-state index contributed by atoms with van der Waals surface area (Å²) in [6.45, 7) is 3.56. The summed E-state index contributed by atoms with van der Waals surface area (Å²) in [7, 11) is 1.53. The second kappa shape index (κ2) is 11.9. The van der Waals surface area contributed by atoms with Crippen LogP contribution in [0.1, 0.15) is 31.0 Å². The number of methoxy groups -OCH3 is 1. The van der Waals surface area contributed by atoms with E-state index in [-0.39, 0.29) is 22.4 Å². The molecule has 0 spiro atoms. The van der Waals surface area contributed by atoms with Gasteiger partial charge in [0.2, 0.25) is 0 Å². The molecule has 0 N–H and O–H groups in total. The quantitative estimate of drug-likeness (QED) is 0.130. The zero-order chi connectivity index (χ0) is 29.1. The second-order valence-corrected chi connectivity index (χ2v) is 10.7. The number of thiazole rings is 1. The lowest BCUT2D eigenvalue weighted by Gasteiger charge is -2.25. The van der Waals surface area contributed by atoms with Gasteiger partial charge in [0.1, 0.15) is 5.75 Å². The van der Waals surface area contributed by atoms with Crippen LogP contribution in [0.5, 0.6) is 5.75 Å². The third-order valence-corrected chi connectivity index (χ3v) is 8.13. The summed E-state index contributed by atoms with van der Waals surface area (Å²) in [4.78, 5) is 52.2. The fraction of sp³-hybridized carbons (Fsp3) is 0.179. The van der Waals surface area contributed by atoms with Crippen LogP contribution in [0.25, 0.3) is 6.08 Å². The Morgan fingerprint density at radius 1 is 1.20 bits per heavy atom. The van der Waals surface area contributed by atoms with Crippen molar-refractivity contribution in [1.29, 1.82) is 0 Å². The molecule has 0 radical (unpaired) electrons. The van der Waals surface area contributed by atoms with Crippen molar-refractivity contribution in [2.45, 2.75) is 29.9 Å². The van der Waals surface area contributed by atoms with Crippen molar-refractivity contribution >= 4 is 40.8 Å². The van der Waals surface area contributed by atoms with Crippen molar-refractivity contribution in [2.24, 2.45) is 4.99 Å². The van der Waals surface area contributed by atoms with E-state index < -0.39 is 22.5 Å². The molecule has 0 saturated carbocycles. The first-order chi connectivity index (χ1) is 19.8. The largest absolute Gasteiger partial charge is 0.497 e. The summed E-state index contributed by atoms with van der Waals surface area (Å²) in [6.07, 6.45) is 4.79. The number of esters is 1. The SMILES string of the molecule is CCOC(=O)C1=C(C)N=c2s/c(=C/c3cc([N+](=O)[O-])ccc3Sc3ncccn3)c(=O)n2[C@@H]1c1cccc(OC)c1. The molecule has 1 aliphatic rings. The minimum atomic E-state index is -0.820. The molecular weight excluding hydrogens is 566 g/mol. The van der Waals surface area contributed by atoms with Crippen LogP contribution in [0.15, 0.2) is 92.0 Å². The molecule has 3 heterocycles. The highest BCUT2D eigenvalue weighted by molar-refractivity contribution is 7.99. The van der Waals surface area contributed by atoms with Gasteiger partial charge in [0.25, 0.3) is 11.2 Å². The summed E-state index contributed by atoms with van der Waals surface area (Å²) in [5, 5.41) is 12.0. The number of carbonyl (C=O) groups excluding carboxylic acids is 1. The first-order valence-corrected chi connectivity index (χ1v) is 14.0. The van der Waals surface area contributed by atoms with Crippen LogP contribution in [-0.2, 0) is 9.53 Å². The van der Waals surface area contributed by atoms with Gasteiger partial charge in [0.15, 0.2) is 9.96 Å². The number of aromatic nitrogens is 3. The standard InChI is InChI=1S/C28H23N5O6S2/c1-4-39-26(35)23-16(2)31-28-32(24(23)17-7-5-8-20(14-17)38-3)25(34)22(41-28)15-18-13-19(33(36)37)9-10-21(18)40-27-29-11-6-12-30-27/h5-15,24H,4H2,1-3H3/b22-15+/t24-/m1/s1. The zero-order valence-corrected chi connectivity index (χ0v) is 23.8. The van der Waals surface area contributed by atoms with Gasteiger partial charge in [-0.1, -0.05) is 23.5 Å². The number of benzene rings is 2. The number of non-ortho nitro benzene ring substituents is 1.